The van der Waals surface area contributed by atoms with E-state index in [1.54, 1.807) is 0 Å². The van der Waals surface area contributed by atoms with Crippen LogP contribution in [0.3, 0.4) is 0 Å². The number of amidine groups is 1. The minimum Gasteiger partial charge on any atom is -0.356 e. The highest BCUT2D eigenvalue weighted by molar-refractivity contribution is 8.15. The molecule has 0 radical (unpaired) electrons. The lowest BCUT2D eigenvalue weighted by Gasteiger charge is -2.10. The van der Waals surface area contributed by atoms with E-state index < -0.39 is 5.25 Å². The topological polar surface area (TPSA) is 82.9 Å². The number of nitrogens with one attached hydrogen (secondary N) is 2. The molecular formula is C13H20N4O2S. The van der Waals surface area contributed by atoms with Gasteiger partial charge in [0.2, 0.25) is 11.8 Å². The Morgan fingerprint density at radius 2 is 2.10 bits per heavy atom. The zero-order valence-corrected chi connectivity index (χ0v) is 12.5. The fourth-order valence-electron chi connectivity index (χ4n) is 2.20. The van der Waals surface area contributed by atoms with Gasteiger partial charge < -0.3 is 10.6 Å². The van der Waals surface area contributed by atoms with Crippen LogP contribution in [-0.4, -0.2) is 34.5 Å². The minimum absolute atomic E-state index is 0.111. The van der Waals surface area contributed by atoms with E-state index in [1.807, 2.05) is 6.92 Å². The Balaban J connectivity index is 1.89. The number of thioether (sulfide) groups is 1. The lowest BCUT2D eigenvalue weighted by atomic mass is 9.99. The van der Waals surface area contributed by atoms with Crippen molar-refractivity contribution in [3.05, 3.63) is 0 Å². The van der Waals surface area contributed by atoms with Crippen molar-refractivity contribution in [3.63, 3.8) is 0 Å². The first-order chi connectivity index (χ1) is 9.69. The Labute approximate surface area is 122 Å². The Kier molecular flexibility index (Phi) is 5.58. The summed E-state index contributed by atoms with van der Waals surface area (Å²) in [5, 5.41) is 13.8. The van der Waals surface area contributed by atoms with Crippen molar-refractivity contribution in [2.24, 2.45) is 10.2 Å². The van der Waals surface area contributed by atoms with Crippen molar-refractivity contribution < 1.29 is 9.59 Å². The van der Waals surface area contributed by atoms with Gasteiger partial charge in [-0.3, -0.25) is 9.59 Å². The molecule has 2 aliphatic rings. The van der Waals surface area contributed by atoms with Crippen molar-refractivity contribution in [2.45, 2.75) is 50.7 Å². The van der Waals surface area contributed by atoms with Crippen LogP contribution in [0.1, 0.15) is 45.4 Å². The van der Waals surface area contributed by atoms with Crippen molar-refractivity contribution in [1.82, 2.24) is 10.6 Å². The van der Waals surface area contributed by atoms with Gasteiger partial charge in [-0.15, -0.1) is 5.10 Å². The molecule has 2 N–H and O–H groups in total. The van der Waals surface area contributed by atoms with Gasteiger partial charge in [0.1, 0.15) is 5.25 Å². The van der Waals surface area contributed by atoms with Crippen LogP contribution in [0.2, 0.25) is 0 Å². The molecule has 20 heavy (non-hydrogen) atoms. The third-order valence-corrected chi connectivity index (χ3v) is 4.31. The summed E-state index contributed by atoms with van der Waals surface area (Å²) >= 11 is 1.28. The van der Waals surface area contributed by atoms with Crippen LogP contribution in [0, 0.1) is 0 Å². The summed E-state index contributed by atoms with van der Waals surface area (Å²) in [6, 6.07) is 0. The Morgan fingerprint density at radius 1 is 1.35 bits per heavy atom. The summed E-state index contributed by atoms with van der Waals surface area (Å²) < 4.78 is 0. The summed E-state index contributed by atoms with van der Waals surface area (Å²) in [6.07, 6.45) is 5.77. The molecular weight excluding hydrogens is 276 g/mol. The average molecular weight is 296 g/mol. The standard InChI is InChI=1S/C13H20N4O2S/c1-2-14-11(18)8-10-12(19)15-13(20-10)17-16-9-6-4-3-5-7-9/h10H,2-8H2,1H3,(H,14,18)(H,15,17,19). The van der Waals surface area contributed by atoms with E-state index in [-0.39, 0.29) is 18.2 Å². The zero-order valence-electron chi connectivity index (χ0n) is 11.6. The normalized spacial score (nSPS) is 24.6. The molecule has 1 saturated carbocycles. The largest absolute Gasteiger partial charge is 0.356 e. The van der Waals surface area contributed by atoms with Gasteiger partial charge in [0, 0.05) is 18.7 Å². The van der Waals surface area contributed by atoms with E-state index in [9.17, 15) is 9.59 Å². The zero-order chi connectivity index (χ0) is 14.4. The maximum atomic E-state index is 11.7. The molecule has 0 bridgehead atoms. The van der Waals surface area contributed by atoms with Gasteiger partial charge in [-0.25, -0.2) is 0 Å². The van der Waals surface area contributed by atoms with Crippen molar-refractivity contribution in [2.75, 3.05) is 6.54 Å². The van der Waals surface area contributed by atoms with Crippen LogP contribution >= 0.6 is 11.8 Å². The first-order valence-electron chi connectivity index (χ1n) is 7.06. The third kappa shape index (κ3) is 4.33. The third-order valence-electron chi connectivity index (χ3n) is 3.23. The van der Waals surface area contributed by atoms with E-state index in [4.69, 9.17) is 0 Å². The van der Waals surface area contributed by atoms with E-state index in [1.165, 1.54) is 31.0 Å². The summed E-state index contributed by atoms with van der Waals surface area (Å²) in [5.74, 6) is -0.274. The minimum atomic E-state index is -0.396. The number of carbonyl (C=O) groups is 2. The molecule has 7 heteroatoms. The molecule has 1 aliphatic heterocycles. The highest BCUT2D eigenvalue weighted by Gasteiger charge is 2.32. The van der Waals surface area contributed by atoms with Crippen LogP contribution in [0.25, 0.3) is 0 Å². The van der Waals surface area contributed by atoms with Crippen molar-refractivity contribution in [3.8, 4) is 0 Å². The smallest absolute Gasteiger partial charge is 0.240 e. The lowest BCUT2D eigenvalue weighted by molar-refractivity contribution is -0.125. The summed E-state index contributed by atoms with van der Waals surface area (Å²) in [5.41, 5.74) is 1.10. The number of carbonyl (C=O) groups excluding carboxylic acids is 2. The van der Waals surface area contributed by atoms with E-state index in [0.29, 0.717) is 11.7 Å². The Morgan fingerprint density at radius 3 is 2.80 bits per heavy atom. The molecule has 0 aromatic rings. The molecule has 2 fully saturated rings. The predicted octanol–water partition coefficient (Wildman–Crippen LogP) is 1.42. The van der Waals surface area contributed by atoms with Gasteiger partial charge in [0.05, 0.1) is 0 Å². The van der Waals surface area contributed by atoms with Crippen LogP contribution in [-0.2, 0) is 9.59 Å². The second-order valence-electron chi connectivity index (χ2n) is 4.89. The molecule has 2 amide bonds. The Bertz CT molecular complexity index is 440. The number of amides is 2. The van der Waals surface area contributed by atoms with Crippen LogP contribution in [0.4, 0.5) is 0 Å². The molecule has 1 atom stereocenters. The second-order valence-corrected chi connectivity index (χ2v) is 6.08. The predicted molar refractivity (Wildman–Crippen MR) is 80.8 cm³/mol. The van der Waals surface area contributed by atoms with Crippen molar-refractivity contribution in [1.29, 1.82) is 0 Å². The fourth-order valence-corrected chi connectivity index (χ4v) is 3.12. The monoisotopic (exact) mass is 296 g/mol. The van der Waals surface area contributed by atoms with Crippen LogP contribution in [0.15, 0.2) is 10.2 Å². The molecule has 0 aromatic heterocycles. The average Bonchev–Trinajstić information content (AvgIpc) is 2.78. The molecule has 1 unspecified atom stereocenters. The first kappa shape index (κ1) is 15.0. The van der Waals surface area contributed by atoms with Crippen LogP contribution in [0.5, 0.6) is 0 Å². The maximum Gasteiger partial charge on any atom is 0.240 e. The summed E-state index contributed by atoms with van der Waals surface area (Å²) in [6.45, 7) is 2.43. The number of nitrogens with zero attached hydrogens (tertiary/aromatic N) is 2. The number of hydrogen-bond acceptors (Lipinski definition) is 5. The van der Waals surface area contributed by atoms with E-state index in [0.717, 1.165) is 18.6 Å². The van der Waals surface area contributed by atoms with Gasteiger partial charge in [-0.1, -0.05) is 18.2 Å². The molecule has 1 aliphatic carbocycles. The molecule has 0 spiro atoms. The van der Waals surface area contributed by atoms with Gasteiger partial charge in [-0.2, -0.15) is 5.10 Å². The second kappa shape index (κ2) is 7.42. The van der Waals surface area contributed by atoms with E-state index in [2.05, 4.69) is 20.8 Å². The molecule has 0 aromatic carbocycles. The highest BCUT2D eigenvalue weighted by Crippen LogP contribution is 2.23. The summed E-state index contributed by atoms with van der Waals surface area (Å²) in [7, 11) is 0. The number of rotatable bonds is 4. The fraction of sp³-hybridized carbons (Fsp3) is 0.692. The van der Waals surface area contributed by atoms with Gasteiger partial charge >= 0.3 is 0 Å². The van der Waals surface area contributed by atoms with Crippen LogP contribution < -0.4 is 10.6 Å². The first-order valence-corrected chi connectivity index (χ1v) is 7.94. The quantitative estimate of drug-likeness (QED) is 0.770. The van der Waals surface area contributed by atoms with Gasteiger partial charge in [0.15, 0.2) is 5.17 Å². The highest BCUT2D eigenvalue weighted by atomic mass is 32.2. The van der Waals surface area contributed by atoms with Gasteiger partial charge in [-0.05, 0) is 32.6 Å². The maximum absolute atomic E-state index is 11.7. The van der Waals surface area contributed by atoms with Crippen molar-refractivity contribution >= 4 is 34.5 Å². The lowest BCUT2D eigenvalue weighted by Crippen LogP contribution is -2.31. The number of hydrogen-bond donors (Lipinski definition) is 2. The molecule has 2 rings (SSSR count). The Hall–Kier alpha value is -1.37. The molecule has 6 nitrogen and oxygen atoms in total. The summed E-state index contributed by atoms with van der Waals surface area (Å²) in [4.78, 5) is 23.2. The molecule has 110 valence electrons. The SMILES string of the molecule is CCNC(=O)CC1S/C(=N\N=C2CCCCC2)NC1=O. The van der Waals surface area contributed by atoms with E-state index >= 15 is 0 Å². The van der Waals surface area contributed by atoms with Gasteiger partial charge in [0.25, 0.3) is 0 Å². The molecule has 1 heterocycles. The molecule has 1 saturated heterocycles.